The number of likely N-dealkylation sites (tertiary alicyclic amines) is 1. The van der Waals surface area contributed by atoms with Gasteiger partial charge in [-0.05, 0) is 24.8 Å². The smallest absolute Gasteiger partial charge is 0.259 e. The SMILES string of the molecule is O=C(c1cnn2c(-c3ccccc3)ccnc12)N1CCCC(CO)C1. The summed E-state index contributed by atoms with van der Waals surface area (Å²) in [5.74, 6) is 0.0956. The highest BCUT2D eigenvalue weighted by Crippen LogP contribution is 2.23. The van der Waals surface area contributed by atoms with Crippen LogP contribution in [0.15, 0.2) is 48.8 Å². The van der Waals surface area contributed by atoms with Crippen molar-refractivity contribution in [3.63, 3.8) is 0 Å². The van der Waals surface area contributed by atoms with Crippen LogP contribution < -0.4 is 0 Å². The van der Waals surface area contributed by atoms with Crippen molar-refractivity contribution in [1.82, 2.24) is 19.5 Å². The lowest BCUT2D eigenvalue weighted by molar-refractivity contribution is 0.0622. The second-order valence-corrected chi connectivity index (χ2v) is 6.43. The van der Waals surface area contributed by atoms with Crippen LogP contribution in [0.2, 0.25) is 0 Å². The van der Waals surface area contributed by atoms with E-state index in [0.29, 0.717) is 24.3 Å². The van der Waals surface area contributed by atoms with Gasteiger partial charge < -0.3 is 10.0 Å². The molecule has 1 aromatic carbocycles. The molecule has 0 saturated carbocycles. The lowest BCUT2D eigenvalue weighted by atomic mass is 9.98. The zero-order valence-electron chi connectivity index (χ0n) is 13.9. The molecule has 1 saturated heterocycles. The standard InChI is InChI=1S/C19H20N4O2/c24-13-14-5-4-10-22(12-14)19(25)16-11-21-23-17(8-9-20-18(16)23)15-6-2-1-3-7-15/h1-3,6-9,11,14,24H,4-5,10,12-13H2. The highest BCUT2D eigenvalue weighted by Gasteiger charge is 2.26. The van der Waals surface area contributed by atoms with Crippen LogP contribution in [0.5, 0.6) is 0 Å². The first-order valence-electron chi connectivity index (χ1n) is 8.56. The summed E-state index contributed by atoms with van der Waals surface area (Å²) in [6.45, 7) is 1.42. The van der Waals surface area contributed by atoms with Gasteiger partial charge in [-0.25, -0.2) is 9.50 Å². The third-order valence-electron chi connectivity index (χ3n) is 4.77. The second kappa shape index (κ2) is 6.64. The molecule has 2 aromatic heterocycles. The molecule has 0 aliphatic carbocycles. The van der Waals surface area contributed by atoms with Gasteiger partial charge in [0.25, 0.3) is 5.91 Å². The fourth-order valence-corrected chi connectivity index (χ4v) is 3.44. The topological polar surface area (TPSA) is 70.7 Å². The van der Waals surface area contributed by atoms with Crippen molar-refractivity contribution in [3.05, 3.63) is 54.4 Å². The maximum Gasteiger partial charge on any atom is 0.259 e. The number of amides is 1. The van der Waals surface area contributed by atoms with Gasteiger partial charge in [-0.2, -0.15) is 5.10 Å². The lowest BCUT2D eigenvalue weighted by Gasteiger charge is -2.31. The Balaban J connectivity index is 1.71. The molecule has 3 aromatic rings. The number of carbonyl (C=O) groups is 1. The molecule has 25 heavy (non-hydrogen) atoms. The van der Waals surface area contributed by atoms with E-state index in [1.165, 1.54) is 0 Å². The summed E-state index contributed by atoms with van der Waals surface area (Å²) in [5.41, 5.74) is 3.00. The van der Waals surface area contributed by atoms with E-state index in [4.69, 9.17) is 0 Å². The normalized spacial score (nSPS) is 17.8. The fourth-order valence-electron chi connectivity index (χ4n) is 3.44. The Kier molecular flexibility index (Phi) is 4.19. The molecule has 0 radical (unpaired) electrons. The van der Waals surface area contributed by atoms with Gasteiger partial charge in [0.2, 0.25) is 0 Å². The van der Waals surface area contributed by atoms with E-state index >= 15 is 0 Å². The summed E-state index contributed by atoms with van der Waals surface area (Å²) in [7, 11) is 0. The molecule has 0 spiro atoms. The van der Waals surface area contributed by atoms with Crippen LogP contribution in [0.4, 0.5) is 0 Å². The Morgan fingerprint density at radius 3 is 2.88 bits per heavy atom. The quantitative estimate of drug-likeness (QED) is 0.796. The Labute approximate surface area is 145 Å². The number of aliphatic hydroxyl groups excluding tert-OH is 1. The number of rotatable bonds is 3. The number of aliphatic hydroxyl groups is 1. The average Bonchev–Trinajstić information content (AvgIpc) is 3.12. The van der Waals surface area contributed by atoms with Gasteiger partial charge in [-0.3, -0.25) is 4.79 Å². The first-order chi connectivity index (χ1) is 12.3. The van der Waals surface area contributed by atoms with Crippen LogP contribution in [0.3, 0.4) is 0 Å². The number of hydrogen-bond donors (Lipinski definition) is 1. The number of hydrogen-bond acceptors (Lipinski definition) is 4. The van der Waals surface area contributed by atoms with E-state index in [1.54, 1.807) is 21.8 Å². The fraction of sp³-hybridized carbons (Fsp3) is 0.316. The van der Waals surface area contributed by atoms with Gasteiger partial charge in [0.05, 0.1) is 11.9 Å². The summed E-state index contributed by atoms with van der Waals surface area (Å²) in [4.78, 5) is 19.1. The first kappa shape index (κ1) is 15.8. The molecular formula is C19H20N4O2. The van der Waals surface area contributed by atoms with Crippen molar-refractivity contribution in [2.24, 2.45) is 5.92 Å². The van der Waals surface area contributed by atoms with Gasteiger partial charge in [0.1, 0.15) is 5.56 Å². The van der Waals surface area contributed by atoms with Gasteiger partial charge in [0, 0.05) is 31.5 Å². The Morgan fingerprint density at radius 1 is 1.24 bits per heavy atom. The summed E-state index contributed by atoms with van der Waals surface area (Å²) in [5, 5.41) is 13.8. The third-order valence-corrected chi connectivity index (χ3v) is 4.77. The van der Waals surface area contributed by atoms with E-state index in [2.05, 4.69) is 10.1 Å². The minimum absolute atomic E-state index is 0.0640. The zero-order chi connectivity index (χ0) is 17.2. The Morgan fingerprint density at radius 2 is 2.08 bits per heavy atom. The van der Waals surface area contributed by atoms with E-state index < -0.39 is 0 Å². The third kappa shape index (κ3) is 2.89. The number of piperidine rings is 1. The van der Waals surface area contributed by atoms with Gasteiger partial charge in [-0.15, -0.1) is 0 Å². The number of aromatic nitrogens is 3. The van der Waals surface area contributed by atoms with E-state index in [0.717, 1.165) is 24.1 Å². The molecule has 6 nitrogen and oxygen atoms in total. The number of benzene rings is 1. The van der Waals surface area contributed by atoms with Crippen LogP contribution in [0.25, 0.3) is 16.9 Å². The molecule has 4 rings (SSSR count). The van der Waals surface area contributed by atoms with Crippen LogP contribution in [-0.2, 0) is 0 Å². The highest BCUT2D eigenvalue weighted by atomic mass is 16.3. The first-order valence-corrected chi connectivity index (χ1v) is 8.56. The molecule has 1 unspecified atom stereocenters. The molecule has 1 atom stereocenters. The predicted molar refractivity (Wildman–Crippen MR) is 94.1 cm³/mol. The summed E-state index contributed by atoms with van der Waals surface area (Å²) in [6, 6.07) is 11.8. The summed E-state index contributed by atoms with van der Waals surface area (Å²) < 4.78 is 1.72. The van der Waals surface area contributed by atoms with Crippen LogP contribution in [-0.4, -0.2) is 50.2 Å². The van der Waals surface area contributed by atoms with Crippen LogP contribution in [0, 0.1) is 5.92 Å². The number of carbonyl (C=O) groups excluding carboxylic acids is 1. The molecular weight excluding hydrogens is 316 g/mol. The molecule has 1 aliphatic heterocycles. The van der Waals surface area contributed by atoms with Crippen molar-refractivity contribution in [2.45, 2.75) is 12.8 Å². The van der Waals surface area contributed by atoms with E-state index in [-0.39, 0.29) is 18.4 Å². The Bertz CT molecular complexity index is 891. The predicted octanol–water partition coefficient (Wildman–Crippen LogP) is 2.24. The highest BCUT2D eigenvalue weighted by molar-refractivity contribution is 6.00. The monoisotopic (exact) mass is 336 g/mol. The van der Waals surface area contributed by atoms with E-state index in [1.807, 2.05) is 36.4 Å². The van der Waals surface area contributed by atoms with Crippen LogP contribution >= 0.6 is 0 Å². The molecule has 6 heteroatoms. The molecule has 1 aliphatic rings. The maximum atomic E-state index is 12.9. The maximum absolute atomic E-state index is 12.9. The number of nitrogens with zero attached hydrogens (tertiary/aromatic N) is 4. The number of fused-ring (bicyclic) bond motifs is 1. The largest absolute Gasteiger partial charge is 0.396 e. The molecule has 3 heterocycles. The summed E-state index contributed by atoms with van der Waals surface area (Å²) in [6.07, 6.45) is 5.19. The minimum atomic E-state index is -0.0640. The molecule has 1 amide bonds. The summed E-state index contributed by atoms with van der Waals surface area (Å²) >= 11 is 0. The Hall–Kier alpha value is -2.73. The van der Waals surface area contributed by atoms with E-state index in [9.17, 15) is 9.90 Å². The van der Waals surface area contributed by atoms with Gasteiger partial charge in [-0.1, -0.05) is 30.3 Å². The minimum Gasteiger partial charge on any atom is -0.396 e. The van der Waals surface area contributed by atoms with Crippen molar-refractivity contribution in [3.8, 4) is 11.3 Å². The van der Waals surface area contributed by atoms with Crippen molar-refractivity contribution in [1.29, 1.82) is 0 Å². The molecule has 128 valence electrons. The van der Waals surface area contributed by atoms with Crippen molar-refractivity contribution < 1.29 is 9.90 Å². The molecule has 0 bridgehead atoms. The van der Waals surface area contributed by atoms with Gasteiger partial charge in [0.15, 0.2) is 5.65 Å². The van der Waals surface area contributed by atoms with Crippen molar-refractivity contribution >= 4 is 11.6 Å². The van der Waals surface area contributed by atoms with Gasteiger partial charge >= 0.3 is 0 Å². The second-order valence-electron chi connectivity index (χ2n) is 6.43. The average molecular weight is 336 g/mol. The molecule has 1 fully saturated rings. The lowest BCUT2D eigenvalue weighted by Crippen LogP contribution is -2.40. The van der Waals surface area contributed by atoms with Crippen molar-refractivity contribution in [2.75, 3.05) is 19.7 Å². The zero-order valence-corrected chi connectivity index (χ0v) is 13.9. The van der Waals surface area contributed by atoms with Crippen LogP contribution in [0.1, 0.15) is 23.2 Å². The molecule has 1 N–H and O–H groups in total.